The van der Waals surface area contributed by atoms with Gasteiger partial charge in [0, 0.05) is 35.6 Å². The molecule has 0 atom stereocenters. The first kappa shape index (κ1) is 24.3. The second kappa shape index (κ2) is 9.93. The molecule has 0 N–H and O–H groups in total. The molecule has 37 heavy (non-hydrogen) atoms. The lowest BCUT2D eigenvalue weighted by atomic mass is 10.1. The molecule has 1 amide bonds. The quantitative estimate of drug-likeness (QED) is 0.299. The first-order valence-electron chi connectivity index (χ1n) is 12.5. The zero-order chi connectivity index (χ0) is 26.1. The summed E-state index contributed by atoms with van der Waals surface area (Å²) in [5, 5.41) is 6.11. The van der Waals surface area contributed by atoms with E-state index < -0.39 is 0 Å². The van der Waals surface area contributed by atoms with Gasteiger partial charge in [-0.15, -0.1) is 0 Å². The van der Waals surface area contributed by atoms with E-state index in [9.17, 15) is 9.59 Å². The summed E-state index contributed by atoms with van der Waals surface area (Å²) in [6.07, 6.45) is 1.70. The standard InChI is InChI=1S/C30H30N4O3/c1-5-19-33(21-13-11-20(6-2)12-14-21)29(35)27-26-24-9-7-8-10-25(24)32(3)28(26)30(36)34(31-27)22-15-17-23(37-4)18-16-22/h7-18H,5-6,19H2,1-4H3. The van der Waals surface area contributed by atoms with Gasteiger partial charge >= 0.3 is 0 Å². The van der Waals surface area contributed by atoms with Gasteiger partial charge in [-0.05, 0) is 60.9 Å². The van der Waals surface area contributed by atoms with Crippen LogP contribution in [0.25, 0.3) is 27.5 Å². The van der Waals surface area contributed by atoms with Crippen LogP contribution in [0, 0.1) is 0 Å². The van der Waals surface area contributed by atoms with Crippen molar-refractivity contribution in [2.75, 3.05) is 18.6 Å². The Hall–Kier alpha value is -4.39. The molecule has 0 fully saturated rings. The van der Waals surface area contributed by atoms with Crippen LogP contribution >= 0.6 is 0 Å². The second-order valence-corrected chi connectivity index (χ2v) is 9.04. The van der Waals surface area contributed by atoms with E-state index >= 15 is 0 Å². The van der Waals surface area contributed by atoms with Crippen LogP contribution < -0.4 is 15.2 Å². The van der Waals surface area contributed by atoms with Crippen molar-refractivity contribution in [2.45, 2.75) is 26.7 Å². The first-order valence-corrected chi connectivity index (χ1v) is 12.5. The van der Waals surface area contributed by atoms with Gasteiger partial charge in [0.15, 0.2) is 5.69 Å². The third-order valence-electron chi connectivity index (χ3n) is 6.81. The Morgan fingerprint density at radius 1 is 0.973 bits per heavy atom. The number of nitrogens with zero attached hydrogens (tertiary/aromatic N) is 4. The van der Waals surface area contributed by atoms with Gasteiger partial charge in [-0.3, -0.25) is 9.59 Å². The number of ether oxygens (including phenoxy) is 1. The highest BCUT2D eigenvalue weighted by Gasteiger charge is 2.27. The van der Waals surface area contributed by atoms with E-state index in [1.54, 1.807) is 36.3 Å². The van der Waals surface area contributed by atoms with Crippen molar-refractivity contribution in [2.24, 2.45) is 7.05 Å². The van der Waals surface area contributed by atoms with Gasteiger partial charge in [0.2, 0.25) is 0 Å². The third-order valence-corrected chi connectivity index (χ3v) is 6.81. The molecule has 0 spiro atoms. The van der Waals surface area contributed by atoms with Crippen LogP contribution in [0.3, 0.4) is 0 Å². The molecule has 0 saturated carbocycles. The zero-order valence-electron chi connectivity index (χ0n) is 21.6. The summed E-state index contributed by atoms with van der Waals surface area (Å²) in [6.45, 7) is 4.67. The molecule has 0 radical (unpaired) electrons. The van der Waals surface area contributed by atoms with Crippen LogP contribution in [-0.2, 0) is 13.5 Å². The number of carbonyl (C=O) groups is 1. The molecule has 5 aromatic rings. The van der Waals surface area contributed by atoms with Crippen molar-refractivity contribution in [1.82, 2.24) is 14.3 Å². The van der Waals surface area contributed by atoms with Crippen molar-refractivity contribution in [3.8, 4) is 11.4 Å². The Balaban J connectivity index is 1.79. The molecule has 0 aliphatic heterocycles. The van der Waals surface area contributed by atoms with Crippen LogP contribution in [0.15, 0.2) is 77.6 Å². The van der Waals surface area contributed by atoms with E-state index in [0.29, 0.717) is 28.9 Å². The summed E-state index contributed by atoms with van der Waals surface area (Å²) in [5.41, 5.74) is 3.83. The number of methoxy groups -OCH3 is 1. The van der Waals surface area contributed by atoms with Gasteiger partial charge in [0.25, 0.3) is 11.5 Å². The Labute approximate surface area is 215 Å². The molecule has 0 aliphatic rings. The molecule has 0 unspecified atom stereocenters. The predicted molar refractivity (Wildman–Crippen MR) is 148 cm³/mol. The number of benzene rings is 3. The maximum absolute atomic E-state index is 14.3. The molecule has 2 heterocycles. The van der Waals surface area contributed by atoms with Crippen molar-refractivity contribution < 1.29 is 9.53 Å². The van der Waals surface area contributed by atoms with Crippen LogP contribution in [0.4, 0.5) is 5.69 Å². The number of carbonyl (C=O) groups excluding carboxylic acids is 1. The Morgan fingerprint density at radius 2 is 1.68 bits per heavy atom. The van der Waals surface area contributed by atoms with E-state index in [0.717, 1.165) is 29.4 Å². The number of rotatable bonds is 7. The highest BCUT2D eigenvalue weighted by atomic mass is 16.5. The molecule has 5 rings (SSSR count). The number of aromatic nitrogens is 3. The number of fused-ring (bicyclic) bond motifs is 3. The largest absolute Gasteiger partial charge is 0.497 e. The molecule has 7 heteroatoms. The smallest absolute Gasteiger partial charge is 0.296 e. The average Bonchev–Trinajstić information content (AvgIpc) is 3.25. The minimum Gasteiger partial charge on any atom is -0.497 e. The summed E-state index contributed by atoms with van der Waals surface area (Å²) < 4.78 is 8.45. The SMILES string of the molecule is CCCN(C(=O)c1nn(-c2ccc(OC)cc2)c(=O)c2c1c1ccccc1n2C)c1ccc(CC)cc1. The summed E-state index contributed by atoms with van der Waals surface area (Å²) in [6, 6.07) is 22.9. The lowest BCUT2D eigenvalue weighted by Gasteiger charge is -2.23. The highest BCUT2D eigenvalue weighted by molar-refractivity contribution is 6.20. The molecule has 188 valence electrons. The first-order chi connectivity index (χ1) is 18.0. The Kier molecular flexibility index (Phi) is 6.53. The number of hydrogen-bond acceptors (Lipinski definition) is 4. The third kappa shape index (κ3) is 4.16. The molecular weight excluding hydrogens is 464 g/mol. The van der Waals surface area contributed by atoms with Crippen molar-refractivity contribution >= 4 is 33.4 Å². The lowest BCUT2D eigenvalue weighted by molar-refractivity contribution is 0.0982. The number of hydrogen-bond donors (Lipinski definition) is 0. The van der Waals surface area contributed by atoms with Crippen molar-refractivity contribution in [3.63, 3.8) is 0 Å². The fourth-order valence-corrected chi connectivity index (χ4v) is 4.84. The van der Waals surface area contributed by atoms with Crippen LogP contribution in [0.2, 0.25) is 0 Å². The van der Waals surface area contributed by atoms with Gasteiger partial charge in [-0.25, -0.2) is 0 Å². The minimum atomic E-state index is -0.287. The topological polar surface area (TPSA) is 69.4 Å². The van der Waals surface area contributed by atoms with Gasteiger partial charge in [0.1, 0.15) is 11.3 Å². The summed E-state index contributed by atoms with van der Waals surface area (Å²) >= 11 is 0. The number of amides is 1. The van der Waals surface area contributed by atoms with Crippen molar-refractivity contribution in [1.29, 1.82) is 0 Å². The normalized spacial score (nSPS) is 11.2. The number of para-hydroxylation sites is 1. The summed E-state index contributed by atoms with van der Waals surface area (Å²) in [4.78, 5) is 29.8. The Morgan fingerprint density at radius 3 is 2.32 bits per heavy atom. The molecule has 0 aliphatic carbocycles. The predicted octanol–water partition coefficient (Wildman–Crippen LogP) is 5.51. The summed E-state index contributed by atoms with van der Waals surface area (Å²) in [7, 11) is 3.44. The fraction of sp³-hybridized carbons (Fsp3) is 0.233. The Bertz CT molecular complexity index is 1650. The molecule has 0 bridgehead atoms. The van der Waals surface area contributed by atoms with Crippen LogP contribution in [0.1, 0.15) is 36.3 Å². The number of aryl methyl sites for hydroxylation is 2. The maximum Gasteiger partial charge on any atom is 0.296 e. The van der Waals surface area contributed by atoms with Crippen molar-refractivity contribution in [3.05, 3.63) is 94.4 Å². The van der Waals surface area contributed by atoms with Gasteiger partial charge in [-0.2, -0.15) is 9.78 Å². The minimum absolute atomic E-state index is 0.241. The molecule has 0 saturated heterocycles. The van der Waals surface area contributed by atoms with E-state index in [-0.39, 0.29) is 17.2 Å². The number of anilines is 1. The monoisotopic (exact) mass is 494 g/mol. The van der Waals surface area contributed by atoms with E-state index in [1.165, 1.54) is 10.2 Å². The van der Waals surface area contributed by atoms with Gasteiger partial charge in [0.05, 0.1) is 12.8 Å². The fourth-order valence-electron chi connectivity index (χ4n) is 4.84. The van der Waals surface area contributed by atoms with E-state index in [1.807, 2.05) is 67.1 Å². The lowest BCUT2D eigenvalue weighted by Crippen LogP contribution is -2.35. The molecule has 7 nitrogen and oxygen atoms in total. The van der Waals surface area contributed by atoms with Gasteiger partial charge < -0.3 is 14.2 Å². The highest BCUT2D eigenvalue weighted by Crippen LogP contribution is 2.30. The van der Waals surface area contributed by atoms with E-state index in [2.05, 4.69) is 6.92 Å². The van der Waals surface area contributed by atoms with Gasteiger partial charge in [-0.1, -0.05) is 44.2 Å². The van der Waals surface area contributed by atoms with Crippen LogP contribution in [-0.4, -0.2) is 33.9 Å². The molecule has 2 aromatic heterocycles. The average molecular weight is 495 g/mol. The second-order valence-electron chi connectivity index (χ2n) is 9.04. The molecule has 3 aromatic carbocycles. The maximum atomic E-state index is 14.3. The van der Waals surface area contributed by atoms with Crippen LogP contribution in [0.5, 0.6) is 5.75 Å². The summed E-state index contributed by atoms with van der Waals surface area (Å²) in [5.74, 6) is 0.429. The van der Waals surface area contributed by atoms with E-state index in [4.69, 9.17) is 9.84 Å². The molecular formula is C30H30N4O3. The zero-order valence-corrected chi connectivity index (χ0v) is 21.6.